The molecule has 0 aliphatic heterocycles. The van der Waals surface area contributed by atoms with E-state index in [9.17, 15) is 0 Å². The quantitative estimate of drug-likeness (QED) is 0.708. The summed E-state index contributed by atoms with van der Waals surface area (Å²) in [6, 6.07) is 5.96. The molecule has 3 N–H and O–H groups in total. The van der Waals surface area contributed by atoms with Crippen molar-refractivity contribution in [1.82, 2.24) is 9.97 Å². The molecule has 2 aromatic heterocycles. The highest BCUT2D eigenvalue weighted by atomic mass is 32.1. The zero-order chi connectivity index (χ0) is 12.5. The number of hydrogen-bond donors (Lipinski definition) is 2. The van der Waals surface area contributed by atoms with Crippen LogP contribution >= 0.6 is 11.3 Å². The highest BCUT2D eigenvalue weighted by Crippen LogP contribution is 2.25. The fourth-order valence-corrected chi connectivity index (χ4v) is 2.34. The summed E-state index contributed by atoms with van der Waals surface area (Å²) in [6.07, 6.45) is 1.78. The average molecular weight is 260 g/mol. The van der Waals surface area contributed by atoms with Crippen LogP contribution in [0.15, 0.2) is 34.2 Å². The van der Waals surface area contributed by atoms with E-state index in [4.69, 9.17) is 10.2 Å². The Kier molecular flexibility index (Phi) is 2.64. The van der Waals surface area contributed by atoms with Crippen molar-refractivity contribution in [3.63, 3.8) is 0 Å². The number of oxazole rings is 1. The Hall–Kier alpha value is -2.08. The molecule has 1 aromatic carbocycles. The molecule has 92 valence electrons. The maximum atomic E-state index is 5.70. The lowest BCUT2D eigenvalue weighted by Crippen LogP contribution is -2.05. The van der Waals surface area contributed by atoms with Crippen molar-refractivity contribution in [1.29, 1.82) is 0 Å². The molecular formula is C12H12N4OS. The number of anilines is 2. The molecule has 0 radical (unpaired) electrons. The summed E-state index contributed by atoms with van der Waals surface area (Å²) >= 11 is 1.60. The standard InChI is InChI=1S/C12H12N4OS/c1-7(11-14-4-5-18-11)15-12-16-9-3-2-8(13)6-10(9)17-12/h2-7H,13H2,1H3,(H,15,16). The number of nitrogens with one attached hydrogen (secondary N) is 1. The number of rotatable bonds is 3. The lowest BCUT2D eigenvalue weighted by Gasteiger charge is -2.07. The monoisotopic (exact) mass is 260 g/mol. The van der Waals surface area contributed by atoms with Crippen LogP contribution < -0.4 is 11.1 Å². The maximum absolute atomic E-state index is 5.70. The van der Waals surface area contributed by atoms with E-state index in [2.05, 4.69) is 15.3 Å². The normalized spacial score (nSPS) is 12.7. The average Bonchev–Trinajstić information content (AvgIpc) is 2.95. The Morgan fingerprint density at radius 3 is 3.11 bits per heavy atom. The Labute approximate surface area is 108 Å². The number of nitrogens with two attached hydrogens (primary N) is 1. The van der Waals surface area contributed by atoms with Crippen LogP contribution in [0.2, 0.25) is 0 Å². The van der Waals surface area contributed by atoms with Gasteiger partial charge in [0.15, 0.2) is 5.58 Å². The van der Waals surface area contributed by atoms with Crippen LogP contribution in [0.5, 0.6) is 0 Å². The van der Waals surface area contributed by atoms with E-state index < -0.39 is 0 Å². The molecule has 0 fully saturated rings. The summed E-state index contributed by atoms with van der Waals surface area (Å²) in [5.41, 5.74) is 7.83. The van der Waals surface area contributed by atoms with Crippen molar-refractivity contribution < 1.29 is 4.42 Å². The third-order valence-electron chi connectivity index (χ3n) is 2.57. The summed E-state index contributed by atoms with van der Waals surface area (Å²) in [5.74, 6) is 0. The van der Waals surface area contributed by atoms with E-state index in [1.165, 1.54) is 0 Å². The zero-order valence-electron chi connectivity index (χ0n) is 9.75. The lowest BCUT2D eigenvalue weighted by molar-refractivity contribution is 0.603. The predicted octanol–water partition coefficient (Wildman–Crippen LogP) is 3.04. The van der Waals surface area contributed by atoms with Gasteiger partial charge >= 0.3 is 0 Å². The van der Waals surface area contributed by atoms with Crippen LogP contribution in [0, 0.1) is 0 Å². The first kappa shape index (κ1) is 11.0. The number of nitrogen functional groups attached to an aromatic ring is 1. The summed E-state index contributed by atoms with van der Waals surface area (Å²) in [6.45, 7) is 2.02. The van der Waals surface area contributed by atoms with Crippen molar-refractivity contribution in [2.24, 2.45) is 0 Å². The molecule has 0 saturated carbocycles. The SMILES string of the molecule is CC(Nc1nc2ccc(N)cc2o1)c1nccs1. The number of fused-ring (bicyclic) bond motifs is 1. The van der Waals surface area contributed by atoms with Gasteiger partial charge in [-0.3, -0.25) is 0 Å². The summed E-state index contributed by atoms with van der Waals surface area (Å²) < 4.78 is 5.59. The van der Waals surface area contributed by atoms with Crippen LogP contribution in [0.1, 0.15) is 18.0 Å². The largest absolute Gasteiger partial charge is 0.423 e. The van der Waals surface area contributed by atoms with Gasteiger partial charge in [-0.15, -0.1) is 11.3 Å². The van der Waals surface area contributed by atoms with Gasteiger partial charge in [-0.25, -0.2) is 4.98 Å². The molecule has 5 nitrogen and oxygen atoms in total. The van der Waals surface area contributed by atoms with Crippen LogP contribution in [0.25, 0.3) is 11.1 Å². The second-order valence-electron chi connectivity index (χ2n) is 3.98. The van der Waals surface area contributed by atoms with Gasteiger partial charge in [0.05, 0.1) is 6.04 Å². The minimum atomic E-state index is 0.0652. The zero-order valence-corrected chi connectivity index (χ0v) is 10.6. The molecule has 0 saturated heterocycles. The summed E-state index contributed by atoms with van der Waals surface area (Å²) in [5, 5.41) is 6.12. The fraction of sp³-hybridized carbons (Fsp3) is 0.167. The van der Waals surface area contributed by atoms with Crippen LogP contribution in [-0.4, -0.2) is 9.97 Å². The third kappa shape index (κ3) is 2.02. The van der Waals surface area contributed by atoms with E-state index >= 15 is 0 Å². The van der Waals surface area contributed by atoms with Crippen molar-refractivity contribution in [3.05, 3.63) is 34.8 Å². The lowest BCUT2D eigenvalue weighted by atomic mass is 10.3. The summed E-state index contributed by atoms with van der Waals surface area (Å²) in [7, 11) is 0. The van der Waals surface area contributed by atoms with Gasteiger partial charge in [0.25, 0.3) is 6.01 Å². The molecule has 6 heteroatoms. The fourth-order valence-electron chi connectivity index (χ4n) is 1.70. The van der Waals surface area contributed by atoms with E-state index in [0.717, 1.165) is 10.5 Å². The van der Waals surface area contributed by atoms with Crippen molar-refractivity contribution >= 4 is 34.1 Å². The molecule has 1 unspecified atom stereocenters. The van der Waals surface area contributed by atoms with Crippen molar-refractivity contribution in [2.75, 3.05) is 11.1 Å². The summed E-state index contributed by atoms with van der Waals surface area (Å²) in [4.78, 5) is 8.59. The topological polar surface area (TPSA) is 77.0 Å². The second kappa shape index (κ2) is 4.30. The molecule has 3 aromatic rings. The second-order valence-corrected chi connectivity index (χ2v) is 4.91. The molecule has 0 aliphatic carbocycles. The highest BCUT2D eigenvalue weighted by Gasteiger charge is 2.12. The maximum Gasteiger partial charge on any atom is 0.296 e. The van der Waals surface area contributed by atoms with Gasteiger partial charge in [0.1, 0.15) is 10.5 Å². The highest BCUT2D eigenvalue weighted by molar-refractivity contribution is 7.09. The Morgan fingerprint density at radius 1 is 1.44 bits per heavy atom. The molecule has 18 heavy (non-hydrogen) atoms. The van der Waals surface area contributed by atoms with Crippen LogP contribution in [0.4, 0.5) is 11.7 Å². The minimum absolute atomic E-state index is 0.0652. The van der Waals surface area contributed by atoms with E-state index in [1.54, 1.807) is 29.7 Å². The number of benzene rings is 1. The van der Waals surface area contributed by atoms with Crippen LogP contribution in [-0.2, 0) is 0 Å². The Bertz CT molecular complexity index is 662. The first-order valence-corrected chi connectivity index (χ1v) is 6.42. The van der Waals surface area contributed by atoms with E-state index in [1.807, 2.05) is 18.4 Å². The number of hydrogen-bond acceptors (Lipinski definition) is 6. The van der Waals surface area contributed by atoms with E-state index in [-0.39, 0.29) is 6.04 Å². The molecule has 0 amide bonds. The first-order chi connectivity index (χ1) is 8.72. The molecular weight excluding hydrogens is 248 g/mol. The van der Waals surface area contributed by atoms with Gasteiger partial charge in [0, 0.05) is 23.3 Å². The first-order valence-electron chi connectivity index (χ1n) is 5.54. The molecule has 0 spiro atoms. The minimum Gasteiger partial charge on any atom is -0.423 e. The predicted molar refractivity (Wildman–Crippen MR) is 72.6 cm³/mol. The number of thiazole rings is 1. The smallest absolute Gasteiger partial charge is 0.296 e. The van der Waals surface area contributed by atoms with Gasteiger partial charge in [-0.1, -0.05) is 0 Å². The molecule has 1 atom stereocenters. The van der Waals surface area contributed by atoms with E-state index in [0.29, 0.717) is 17.3 Å². The third-order valence-corrected chi connectivity index (χ3v) is 3.53. The molecule has 2 heterocycles. The molecule has 3 rings (SSSR count). The molecule has 0 bridgehead atoms. The van der Waals surface area contributed by atoms with Gasteiger partial charge in [-0.05, 0) is 19.1 Å². The number of aromatic nitrogens is 2. The van der Waals surface area contributed by atoms with Crippen molar-refractivity contribution in [2.45, 2.75) is 13.0 Å². The number of nitrogens with zero attached hydrogens (tertiary/aromatic N) is 2. The van der Waals surface area contributed by atoms with Gasteiger partial charge in [0.2, 0.25) is 0 Å². The van der Waals surface area contributed by atoms with Crippen LogP contribution in [0.3, 0.4) is 0 Å². The van der Waals surface area contributed by atoms with Crippen molar-refractivity contribution in [3.8, 4) is 0 Å². The van der Waals surface area contributed by atoms with Gasteiger partial charge in [-0.2, -0.15) is 4.98 Å². The Morgan fingerprint density at radius 2 is 2.33 bits per heavy atom. The Balaban J connectivity index is 1.86. The molecule has 0 aliphatic rings. The van der Waals surface area contributed by atoms with Gasteiger partial charge < -0.3 is 15.5 Å².